The fourth-order valence-corrected chi connectivity index (χ4v) is 10.7. The van der Waals surface area contributed by atoms with E-state index in [9.17, 15) is 0 Å². The molecule has 0 atom stereocenters. The van der Waals surface area contributed by atoms with E-state index in [1.165, 1.54) is 62.8 Å². The van der Waals surface area contributed by atoms with Crippen LogP contribution in [0, 0.1) is 5.41 Å². The minimum absolute atomic E-state index is 0.159. The molecule has 5 heteroatoms. The van der Waals surface area contributed by atoms with Gasteiger partial charge in [0.15, 0.2) is 11.7 Å². The van der Waals surface area contributed by atoms with Crippen molar-refractivity contribution in [2.75, 3.05) is 0 Å². The molecule has 0 fully saturated rings. The van der Waals surface area contributed by atoms with Crippen LogP contribution in [0.2, 0.25) is 0 Å². The van der Waals surface area contributed by atoms with Crippen LogP contribution in [-0.4, -0.2) is 17.9 Å². The van der Waals surface area contributed by atoms with Gasteiger partial charge in [-0.15, -0.1) is 22.7 Å². The highest BCUT2D eigenvalue weighted by atomic mass is 32.1. The Kier molecular flexibility index (Phi) is 9.74. The van der Waals surface area contributed by atoms with Gasteiger partial charge in [-0.05, 0) is 87.0 Å². The van der Waals surface area contributed by atoms with E-state index >= 15 is 0 Å². The molecule has 11 aromatic rings. The van der Waals surface area contributed by atoms with Crippen molar-refractivity contribution in [1.82, 2.24) is 0 Å². The quantitative estimate of drug-likeness (QED) is 0.123. The second-order valence-corrected chi connectivity index (χ2v) is 17.5. The monoisotopic (exact) mass is 827 g/mol. The molecule has 2 heterocycles. The van der Waals surface area contributed by atoms with E-state index in [2.05, 4.69) is 176 Å². The Labute approximate surface area is 367 Å². The summed E-state index contributed by atoms with van der Waals surface area (Å²) in [7, 11) is 0. The summed E-state index contributed by atoms with van der Waals surface area (Å²) in [6, 6.07) is 74.6. The molecule has 0 saturated heterocycles. The van der Waals surface area contributed by atoms with E-state index in [4.69, 9.17) is 15.4 Å². The highest BCUT2D eigenvalue weighted by Crippen LogP contribution is 2.41. The van der Waals surface area contributed by atoms with E-state index < -0.39 is 0 Å². The van der Waals surface area contributed by atoms with Gasteiger partial charge in [0.05, 0.1) is 0 Å². The summed E-state index contributed by atoms with van der Waals surface area (Å²) >= 11 is 3.61. The molecule has 3 nitrogen and oxygen atoms in total. The maximum Gasteiger partial charge on any atom is 0.161 e. The average Bonchev–Trinajstić information content (AvgIpc) is 3.91. The Morgan fingerprint density at radius 1 is 0.387 bits per heavy atom. The van der Waals surface area contributed by atoms with Gasteiger partial charge in [0.2, 0.25) is 0 Å². The SMILES string of the molecule is N=C(/N=C(\N=C\c1cccc2sc3ccc(-c4ccccc4-c4cccc(-c5ccccc5)c4)cc3c12)c1cccc(-c2ccc3c(c2)sc2ccccc23)c1)c1ccccc1. The molecule has 11 rings (SSSR count). The number of aliphatic imine (C=N–C) groups is 2. The average molecular weight is 828 g/mol. The van der Waals surface area contributed by atoms with Crippen LogP contribution in [0.15, 0.2) is 222 Å². The van der Waals surface area contributed by atoms with E-state index in [1.54, 1.807) is 11.3 Å². The van der Waals surface area contributed by atoms with Crippen molar-refractivity contribution in [2.45, 2.75) is 0 Å². The lowest BCUT2D eigenvalue weighted by molar-refractivity contribution is 1.40. The predicted molar refractivity (Wildman–Crippen MR) is 268 cm³/mol. The Hall–Kier alpha value is -7.57. The van der Waals surface area contributed by atoms with Crippen LogP contribution in [0.25, 0.3) is 84.9 Å². The molecule has 1 N–H and O–H groups in total. The number of fused-ring (bicyclic) bond motifs is 6. The molecule has 0 aliphatic carbocycles. The summed E-state index contributed by atoms with van der Waals surface area (Å²) in [5, 5.41) is 14.0. The molecule has 9 aromatic carbocycles. The van der Waals surface area contributed by atoms with Crippen molar-refractivity contribution in [3.05, 3.63) is 229 Å². The van der Waals surface area contributed by atoms with Gasteiger partial charge < -0.3 is 0 Å². The van der Waals surface area contributed by atoms with E-state index in [0.717, 1.165) is 38.8 Å². The number of nitrogens with zero attached hydrogens (tertiary/aromatic N) is 2. The molecule has 0 amide bonds. The van der Waals surface area contributed by atoms with Crippen LogP contribution < -0.4 is 0 Å². The molecule has 0 bridgehead atoms. The molecule has 0 aliphatic heterocycles. The molecule has 0 unspecified atom stereocenters. The lowest BCUT2D eigenvalue weighted by Crippen LogP contribution is -2.05. The first-order valence-corrected chi connectivity index (χ1v) is 22.3. The number of rotatable bonds is 7. The Morgan fingerprint density at radius 3 is 1.79 bits per heavy atom. The molecule has 2 aromatic heterocycles. The largest absolute Gasteiger partial charge is 0.282 e. The summed E-state index contributed by atoms with van der Waals surface area (Å²) < 4.78 is 4.96. The maximum atomic E-state index is 9.05. The fraction of sp³-hybridized carbons (Fsp3) is 0. The minimum atomic E-state index is 0.159. The van der Waals surface area contributed by atoms with Crippen LogP contribution in [0.4, 0.5) is 0 Å². The lowest BCUT2D eigenvalue weighted by Gasteiger charge is -2.12. The first kappa shape index (κ1) is 37.4. The standard InChI is InChI=1S/C57H37N3S2/c58-56(38-16-5-2-6-17-38)60-57(44-21-12-19-40(33-44)41-28-30-49-48-25-9-10-26-51(48)62-54(49)35-41)59-36-45-22-13-27-53-55(45)50-34-43(29-31-52(50)61-53)47-24-8-7-23-46(47)42-20-11-18-39(32-42)37-14-3-1-4-15-37/h1-36,58H/b58-56?,59-36+,60-57-. The van der Waals surface area contributed by atoms with Gasteiger partial charge in [0.25, 0.3) is 0 Å². The van der Waals surface area contributed by atoms with Gasteiger partial charge in [-0.25, -0.2) is 9.98 Å². The zero-order valence-electron chi connectivity index (χ0n) is 33.5. The molecule has 0 radical (unpaired) electrons. The first-order chi connectivity index (χ1) is 30.6. The van der Waals surface area contributed by atoms with Crippen molar-refractivity contribution in [3.63, 3.8) is 0 Å². The van der Waals surface area contributed by atoms with Gasteiger partial charge in [0, 0.05) is 63.2 Å². The third-order valence-corrected chi connectivity index (χ3v) is 13.7. The number of benzene rings is 9. The number of thiophene rings is 2. The minimum Gasteiger partial charge on any atom is -0.282 e. The summed E-state index contributed by atoms with van der Waals surface area (Å²) in [5.74, 6) is 0.638. The van der Waals surface area contributed by atoms with Gasteiger partial charge >= 0.3 is 0 Å². The summed E-state index contributed by atoms with van der Waals surface area (Å²) in [4.78, 5) is 10.0. The van der Waals surface area contributed by atoms with Crippen molar-refractivity contribution in [3.8, 4) is 44.5 Å². The molecule has 0 saturated carbocycles. The van der Waals surface area contributed by atoms with E-state index in [0.29, 0.717) is 5.84 Å². The Balaban J connectivity index is 0.992. The normalized spacial score (nSPS) is 12.0. The van der Waals surface area contributed by atoms with E-state index in [1.807, 2.05) is 53.9 Å². The molecule has 292 valence electrons. The molecule has 0 spiro atoms. The maximum absolute atomic E-state index is 9.05. The third-order valence-electron chi connectivity index (χ3n) is 11.5. The molecular formula is C57H37N3S2. The van der Waals surface area contributed by atoms with Crippen molar-refractivity contribution >= 4 is 80.9 Å². The highest BCUT2D eigenvalue weighted by molar-refractivity contribution is 7.26. The second kappa shape index (κ2) is 16.1. The van der Waals surface area contributed by atoms with Crippen molar-refractivity contribution in [1.29, 1.82) is 5.41 Å². The number of hydrogen-bond donors (Lipinski definition) is 1. The molecule has 0 aliphatic rings. The highest BCUT2D eigenvalue weighted by Gasteiger charge is 2.15. The van der Waals surface area contributed by atoms with Crippen LogP contribution in [-0.2, 0) is 0 Å². The second-order valence-electron chi connectivity index (χ2n) is 15.3. The number of nitrogens with one attached hydrogen (secondary N) is 1. The summed E-state index contributed by atoms with van der Waals surface area (Å²) in [6.07, 6.45) is 1.93. The van der Waals surface area contributed by atoms with Gasteiger partial charge in [0.1, 0.15) is 0 Å². The molecule has 62 heavy (non-hydrogen) atoms. The predicted octanol–water partition coefficient (Wildman–Crippen LogP) is 16.0. The smallest absolute Gasteiger partial charge is 0.161 e. The Morgan fingerprint density at radius 2 is 0.952 bits per heavy atom. The third kappa shape index (κ3) is 7.13. The Bertz CT molecular complexity index is 3540. The van der Waals surface area contributed by atoms with Crippen LogP contribution in [0.5, 0.6) is 0 Å². The first-order valence-electron chi connectivity index (χ1n) is 20.6. The lowest BCUT2D eigenvalue weighted by atomic mass is 9.92. The van der Waals surface area contributed by atoms with Crippen LogP contribution in [0.3, 0.4) is 0 Å². The van der Waals surface area contributed by atoms with Crippen LogP contribution in [0.1, 0.15) is 16.7 Å². The van der Waals surface area contributed by atoms with Crippen molar-refractivity contribution in [2.24, 2.45) is 9.98 Å². The van der Waals surface area contributed by atoms with Gasteiger partial charge in [-0.3, -0.25) is 5.41 Å². The van der Waals surface area contributed by atoms with Crippen LogP contribution >= 0.6 is 22.7 Å². The summed E-state index contributed by atoms with van der Waals surface area (Å²) in [5.41, 5.74) is 11.9. The zero-order chi connectivity index (χ0) is 41.4. The van der Waals surface area contributed by atoms with Gasteiger partial charge in [-0.2, -0.15) is 0 Å². The van der Waals surface area contributed by atoms with E-state index in [-0.39, 0.29) is 5.84 Å². The zero-order valence-corrected chi connectivity index (χ0v) is 35.1. The number of hydrogen-bond acceptors (Lipinski definition) is 3. The number of amidine groups is 2. The molecular weight excluding hydrogens is 791 g/mol. The van der Waals surface area contributed by atoms with Crippen molar-refractivity contribution < 1.29 is 0 Å². The summed E-state index contributed by atoms with van der Waals surface area (Å²) in [6.45, 7) is 0. The van der Waals surface area contributed by atoms with Gasteiger partial charge in [-0.1, -0.05) is 170 Å². The topological polar surface area (TPSA) is 48.6 Å². The fourth-order valence-electron chi connectivity index (χ4n) is 8.42.